The van der Waals surface area contributed by atoms with Crippen LogP contribution in [0.15, 0.2) is 30.9 Å². The quantitative estimate of drug-likeness (QED) is 0.845. The first kappa shape index (κ1) is 12.1. The summed E-state index contributed by atoms with van der Waals surface area (Å²) < 4.78 is 2.09. The molecule has 1 heterocycles. The van der Waals surface area contributed by atoms with Crippen LogP contribution >= 0.6 is 11.6 Å². The van der Waals surface area contributed by atoms with Gasteiger partial charge in [-0.15, -0.1) is 6.58 Å². The van der Waals surface area contributed by atoms with Gasteiger partial charge in [-0.25, -0.2) is 4.98 Å². The molecule has 4 heteroatoms. The van der Waals surface area contributed by atoms with Crippen molar-refractivity contribution in [2.45, 2.75) is 25.9 Å². The van der Waals surface area contributed by atoms with Crippen molar-refractivity contribution in [1.29, 1.82) is 0 Å². The van der Waals surface area contributed by atoms with Crippen molar-refractivity contribution in [3.63, 3.8) is 0 Å². The largest absolute Gasteiger partial charge is 0.323 e. The van der Waals surface area contributed by atoms with Crippen LogP contribution in [0.5, 0.6) is 0 Å². The van der Waals surface area contributed by atoms with Crippen LogP contribution in [0.2, 0.25) is 5.02 Å². The summed E-state index contributed by atoms with van der Waals surface area (Å²) in [5.74, 6) is 0.893. The fraction of sp³-hybridized carbons (Fsp3) is 0.308. The molecule has 0 saturated carbocycles. The summed E-state index contributed by atoms with van der Waals surface area (Å²) in [4.78, 5) is 4.57. The monoisotopic (exact) mass is 249 g/mol. The molecule has 0 radical (unpaired) electrons. The number of nitrogens with two attached hydrogens (primary N) is 1. The van der Waals surface area contributed by atoms with Crippen molar-refractivity contribution in [2.75, 3.05) is 0 Å². The van der Waals surface area contributed by atoms with Crippen molar-refractivity contribution in [2.24, 2.45) is 5.73 Å². The number of fused-ring (bicyclic) bond motifs is 1. The molecule has 2 N–H and O–H groups in total. The average Bonchev–Trinajstić information content (AvgIpc) is 2.67. The van der Waals surface area contributed by atoms with Gasteiger partial charge >= 0.3 is 0 Å². The summed E-state index contributed by atoms with van der Waals surface area (Å²) in [7, 11) is 0. The van der Waals surface area contributed by atoms with E-state index in [1.807, 2.05) is 24.3 Å². The first-order chi connectivity index (χ1) is 8.17. The Kier molecular flexibility index (Phi) is 3.50. The highest BCUT2D eigenvalue weighted by molar-refractivity contribution is 6.31. The molecule has 0 bridgehead atoms. The fourth-order valence-corrected chi connectivity index (χ4v) is 2.07. The summed E-state index contributed by atoms with van der Waals surface area (Å²) in [6.45, 7) is 6.53. The van der Waals surface area contributed by atoms with E-state index in [2.05, 4.69) is 23.1 Å². The Morgan fingerprint density at radius 1 is 1.59 bits per heavy atom. The molecule has 1 aromatic carbocycles. The van der Waals surface area contributed by atoms with Gasteiger partial charge in [0.2, 0.25) is 0 Å². The second-order valence-electron chi connectivity index (χ2n) is 4.02. The Morgan fingerprint density at radius 3 is 3.00 bits per heavy atom. The van der Waals surface area contributed by atoms with Crippen LogP contribution < -0.4 is 5.73 Å². The van der Waals surface area contributed by atoms with Crippen molar-refractivity contribution >= 4 is 22.6 Å². The minimum Gasteiger partial charge on any atom is -0.323 e. The molecule has 3 nitrogen and oxygen atoms in total. The van der Waals surface area contributed by atoms with Gasteiger partial charge in [0.1, 0.15) is 5.82 Å². The van der Waals surface area contributed by atoms with Gasteiger partial charge < -0.3 is 10.3 Å². The molecule has 0 aliphatic rings. The zero-order chi connectivity index (χ0) is 12.4. The lowest BCUT2D eigenvalue weighted by Crippen LogP contribution is -2.15. The number of allylic oxidation sites excluding steroid dienone is 1. The lowest BCUT2D eigenvalue weighted by atomic mass is 10.2. The van der Waals surface area contributed by atoms with Gasteiger partial charge in [-0.1, -0.05) is 24.6 Å². The van der Waals surface area contributed by atoms with Gasteiger partial charge in [-0.3, -0.25) is 0 Å². The molecular weight excluding hydrogens is 234 g/mol. The number of aromatic nitrogens is 2. The van der Waals surface area contributed by atoms with Gasteiger partial charge in [0.05, 0.1) is 17.1 Å². The number of imidazole rings is 1. The van der Waals surface area contributed by atoms with E-state index >= 15 is 0 Å². The fourth-order valence-electron chi connectivity index (χ4n) is 1.91. The molecule has 0 amide bonds. The van der Waals surface area contributed by atoms with Crippen molar-refractivity contribution in [3.05, 3.63) is 41.7 Å². The predicted molar refractivity (Wildman–Crippen MR) is 72.2 cm³/mol. The number of benzene rings is 1. The lowest BCUT2D eigenvalue weighted by Gasteiger charge is -2.11. The maximum absolute atomic E-state index is 6.08. The third kappa shape index (κ3) is 2.21. The van der Waals surface area contributed by atoms with E-state index in [9.17, 15) is 0 Å². The zero-order valence-corrected chi connectivity index (χ0v) is 10.6. The van der Waals surface area contributed by atoms with Crippen LogP contribution in [0.25, 0.3) is 11.0 Å². The van der Waals surface area contributed by atoms with Gasteiger partial charge in [-0.05, 0) is 24.6 Å². The minimum absolute atomic E-state index is 0.0545. The molecule has 1 aromatic heterocycles. The van der Waals surface area contributed by atoms with Crippen molar-refractivity contribution in [3.8, 4) is 0 Å². The highest BCUT2D eigenvalue weighted by Gasteiger charge is 2.14. The molecule has 0 spiro atoms. The molecule has 0 saturated heterocycles. The summed E-state index contributed by atoms with van der Waals surface area (Å²) >= 11 is 5.97. The molecular formula is C13H16ClN3. The third-order valence-corrected chi connectivity index (χ3v) is 3.06. The summed E-state index contributed by atoms with van der Waals surface area (Å²) in [5, 5.41) is 0.692. The summed E-state index contributed by atoms with van der Waals surface area (Å²) in [5.41, 5.74) is 8.01. The number of hydrogen-bond acceptors (Lipinski definition) is 2. The Labute approximate surface area is 106 Å². The Morgan fingerprint density at radius 2 is 2.35 bits per heavy atom. The van der Waals surface area contributed by atoms with Crippen molar-refractivity contribution in [1.82, 2.24) is 9.55 Å². The van der Waals surface area contributed by atoms with E-state index in [0.29, 0.717) is 11.6 Å². The number of nitrogens with zero attached hydrogens (tertiary/aromatic N) is 2. The van der Waals surface area contributed by atoms with Crippen LogP contribution in [0.4, 0.5) is 0 Å². The number of rotatable bonds is 4. The molecule has 2 rings (SSSR count). The lowest BCUT2D eigenvalue weighted by molar-refractivity contribution is 0.609. The highest BCUT2D eigenvalue weighted by atomic mass is 35.5. The first-order valence-electron chi connectivity index (χ1n) is 5.69. The van der Waals surface area contributed by atoms with E-state index in [1.165, 1.54) is 0 Å². The molecule has 0 aliphatic heterocycles. The van der Waals surface area contributed by atoms with Crippen molar-refractivity contribution < 1.29 is 0 Å². The Hall–Kier alpha value is -1.32. The number of hydrogen-bond donors (Lipinski definition) is 1. The van der Waals surface area contributed by atoms with Gasteiger partial charge in [-0.2, -0.15) is 0 Å². The topological polar surface area (TPSA) is 43.8 Å². The van der Waals surface area contributed by atoms with E-state index in [0.717, 1.165) is 23.3 Å². The SMILES string of the molecule is C=CCn1c(C(N)CC)nc2cc(Cl)ccc21. The molecule has 1 unspecified atom stereocenters. The standard InChI is InChI=1S/C13H16ClN3/c1-3-7-17-12-6-5-9(14)8-11(12)16-13(17)10(15)4-2/h3,5-6,8,10H,1,4,7,15H2,2H3. The maximum atomic E-state index is 6.08. The van der Waals surface area contributed by atoms with Gasteiger partial charge in [0.15, 0.2) is 0 Å². The van der Waals surface area contributed by atoms with Crippen LogP contribution in [0.1, 0.15) is 25.2 Å². The number of halogens is 1. The highest BCUT2D eigenvalue weighted by Crippen LogP contribution is 2.24. The maximum Gasteiger partial charge on any atom is 0.127 e. The Balaban J connectivity index is 2.65. The molecule has 2 aromatic rings. The van der Waals surface area contributed by atoms with Crippen LogP contribution in [-0.2, 0) is 6.54 Å². The van der Waals surface area contributed by atoms with E-state index in [4.69, 9.17) is 17.3 Å². The smallest absolute Gasteiger partial charge is 0.127 e. The molecule has 1 atom stereocenters. The first-order valence-corrected chi connectivity index (χ1v) is 6.07. The summed E-state index contributed by atoms with van der Waals surface area (Å²) in [6, 6.07) is 5.65. The normalized spacial score (nSPS) is 12.9. The van der Waals surface area contributed by atoms with Crippen LogP contribution in [-0.4, -0.2) is 9.55 Å². The molecule has 0 fully saturated rings. The molecule has 90 valence electrons. The second-order valence-corrected chi connectivity index (χ2v) is 4.45. The average molecular weight is 250 g/mol. The molecule has 17 heavy (non-hydrogen) atoms. The zero-order valence-electron chi connectivity index (χ0n) is 9.86. The van der Waals surface area contributed by atoms with Gasteiger partial charge in [0.25, 0.3) is 0 Å². The van der Waals surface area contributed by atoms with E-state index in [1.54, 1.807) is 0 Å². The van der Waals surface area contributed by atoms with E-state index in [-0.39, 0.29) is 6.04 Å². The van der Waals surface area contributed by atoms with Crippen LogP contribution in [0.3, 0.4) is 0 Å². The minimum atomic E-state index is -0.0545. The Bertz CT molecular complexity index is 545. The molecule has 0 aliphatic carbocycles. The van der Waals surface area contributed by atoms with Crippen LogP contribution in [0, 0.1) is 0 Å². The summed E-state index contributed by atoms with van der Waals surface area (Å²) in [6.07, 6.45) is 2.70. The third-order valence-electron chi connectivity index (χ3n) is 2.82. The predicted octanol–water partition coefficient (Wildman–Crippen LogP) is 3.29. The second kappa shape index (κ2) is 4.90. The van der Waals surface area contributed by atoms with E-state index < -0.39 is 0 Å². The van der Waals surface area contributed by atoms with Gasteiger partial charge in [0, 0.05) is 11.6 Å².